The molecule has 2 aliphatic rings. The summed E-state index contributed by atoms with van der Waals surface area (Å²) < 4.78 is 11.4. The van der Waals surface area contributed by atoms with E-state index >= 15 is 0 Å². The lowest BCUT2D eigenvalue weighted by atomic mass is 9.92. The van der Waals surface area contributed by atoms with E-state index in [1.54, 1.807) is 0 Å². The molecule has 0 aromatic heterocycles. The van der Waals surface area contributed by atoms with E-state index in [4.69, 9.17) is 9.47 Å². The van der Waals surface area contributed by atoms with Crippen LogP contribution in [0, 0.1) is 0 Å². The number of benzene rings is 1. The van der Waals surface area contributed by atoms with Gasteiger partial charge in [-0.3, -0.25) is 0 Å². The third-order valence-corrected chi connectivity index (χ3v) is 5.14. The standard InChI is InChI=1S/C19H29NO2/c1-16(20-11-2-3-12-20)8-15-22-19-6-4-17(5-7-19)18-9-13-21-14-10-18/h4-7,16,18H,2-3,8-15H2,1H3. The van der Waals surface area contributed by atoms with Crippen molar-refractivity contribution in [2.75, 3.05) is 32.9 Å². The highest BCUT2D eigenvalue weighted by Gasteiger charge is 2.18. The first kappa shape index (κ1) is 15.8. The summed E-state index contributed by atoms with van der Waals surface area (Å²) >= 11 is 0. The zero-order valence-corrected chi connectivity index (χ0v) is 13.8. The van der Waals surface area contributed by atoms with Crippen LogP contribution in [0.3, 0.4) is 0 Å². The van der Waals surface area contributed by atoms with Gasteiger partial charge in [0, 0.05) is 19.3 Å². The zero-order valence-electron chi connectivity index (χ0n) is 13.8. The van der Waals surface area contributed by atoms with Crippen LogP contribution in [-0.2, 0) is 4.74 Å². The van der Waals surface area contributed by atoms with Gasteiger partial charge in [0.1, 0.15) is 5.75 Å². The molecule has 1 aromatic carbocycles. The Morgan fingerprint density at radius 1 is 1.14 bits per heavy atom. The molecule has 0 bridgehead atoms. The molecule has 0 N–H and O–H groups in total. The van der Waals surface area contributed by atoms with E-state index in [0.29, 0.717) is 12.0 Å². The molecule has 0 aliphatic carbocycles. The summed E-state index contributed by atoms with van der Waals surface area (Å²) in [5.74, 6) is 1.67. The van der Waals surface area contributed by atoms with Gasteiger partial charge in [0.05, 0.1) is 6.61 Å². The van der Waals surface area contributed by atoms with Crippen LogP contribution in [0.2, 0.25) is 0 Å². The number of hydrogen-bond donors (Lipinski definition) is 0. The maximum atomic E-state index is 5.93. The van der Waals surface area contributed by atoms with Crippen molar-refractivity contribution in [1.29, 1.82) is 0 Å². The smallest absolute Gasteiger partial charge is 0.119 e. The third kappa shape index (κ3) is 4.23. The van der Waals surface area contributed by atoms with Crippen LogP contribution in [0.25, 0.3) is 0 Å². The Morgan fingerprint density at radius 3 is 2.50 bits per heavy atom. The maximum Gasteiger partial charge on any atom is 0.119 e. The predicted octanol–water partition coefficient (Wildman–Crippen LogP) is 3.83. The van der Waals surface area contributed by atoms with Crippen LogP contribution < -0.4 is 4.74 Å². The second-order valence-electron chi connectivity index (χ2n) is 6.68. The third-order valence-electron chi connectivity index (χ3n) is 5.14. The Kier molecular flexibility index (Phi) is 5.74. The fourth-order valence-electron chi connectivity index (χ4n) is 3.58. The minimum atomic E-state index is 0.643. The first-order valence-corrected chi connectivity index (χ1v) is 8.87. The van der Waals surface area contributed by atoms with Crippen molar-refractivity contribution >= 4 is 0 Å². The highest BCUT2D eigenvalue weighted by Crippen LogP contribution is 2.28. The lowest BCUT2D eigenvalue weighted by Crippen LogP contribution is -2.31. The van der Waals surface area contributed by atoms with Crippen LogP contribution in [0.5, 0.6) is 5.75 Å². The second-order valence-corrected chi connectivity index (χ2v) is 6.68. The first-order valence-electron chi connectivity index (χ1n) is 8.87. The fourth-order valence-corrected chi connectivity index (χ4v) is 3.58. The molecule has 3 rings (SSSR count). The van der Waals surface area contributed by atoms with Crippen LogP contribution in [-0.4, -0.2) is 43.9 Å². The molecule has 3 nitrogen and oxygen atoms in total. The minimum absolute atomic E-state index is 0.643. The van der Waals surface area contributed by atoms with Crippen molar-refractivity contribution in [3.8, 4) is 5.75 Å². The zero-order chi connectivity index (χ0) is 15.2. The quantitative estimate of drug-likeness (QED) is 0.797. The number of hydrogen-bond acceptors (Lipinski definition) is 3. The van der Waals surface area contributed by atoms with Crippen molar-refractivity contribution in [1.82, 2.24) is 4.90 Å². The molecule has 1 atom stereocenters. The number of nitrogens with zero attached hydrogens (tertiary/aromatic N) is 1. The van der Waals surface area contributed by atoms with E-state index in [9.17, 15) is 0 Å². The lowest BCUT2D eigenvalue weighted by Gasteiger charge is -2.24. The molecule has 0 radical (unpaired) electrons. The number of likely N-dealkylation sites (tertiary alicyclic amines) is 1. The van der Waals surface area contributed by atoms with Gasteiger partial charge in [-0.05, 0) is 75.7 Å². The van der Waals surface area contributed by atoms with Gasteiger partial charge in [-0.2, -0.15) is 0 Å². The monoisotopic (exact) mass is 303 g/mol. The van der Waals surface area contributed by atoms with Gasteiger partial charge >= 0.3 is 0 Å². The largest absolute Gasteiger partial charge is 0.494 e. The summed E-state index contributed by atoms with van der Waals surface area (Å²) in [5.41, 5.74) is 1.43. The average molecular weight is 303 g/mol. The Hall–Kier alpha value is -1.06. The Balaban J connectivity index is 1.42. The van der Waals surface area contributed by atoms with Crippen molar-refractivity contribution in [3.05, 3.63) is 29.8 Å². The predicted molar refractivity (Wildman–Crippen MR) is 89.6 cm³/mol. The van der Waals surface area contributed by atoms with E-state index in [1.165, 1.54) is 31.5 Å². The molecular weight excluding hydrogens is 274 g/mol. The maximum absolute atomic E-state index is 5.93. The number of rotatable bonds is 6. The molecule has 2 heterocycles. The Labute approximate surface area is 134 Å². The summed E-state index contributed by atoms with van der Waals surface area (Å²) in [6.07, 6.45) is 6.13. The summed E-state index contributed by atoms with van der Waals surface area (Å²) in [6.45, 7) is 7.47. The average Bonchev–Trinajstić information content (AvgIpc) is 3.11. The summed E-state index contributed by atoms with van der Waals surface area (Å²) in [7, 11) is 0. The second kappa shape index (κ2) is 7.98. The van der Waals surface area contributed by atoms with Gasteiger partial charge in [-0.15, -0.1) is 0 Å². The van der Waals surface area contributed by atoms with Crippen LogP contribution >= 0.6 is 0 Å². The topological polar surface area (TPSA) is 21.7 Å². The Bertz CT molecular complexity index is 433. The highest BCUT2D eigenvalue weighted by molar-refractivity contribution is 5.29. The molecule has 22 heavy (non-hydrogen) atoms. The Morgan fingerprint density at radius 2 is 1.82 bits per heavy atom. The van der Waals surface area contributed by atoms with Gasteiger partial charge < -0.3 is 14.4 Å². The van der Waals surface area contributed by atoms with Gasteiger partial charge in [0.25, 0.3) is 0 Å². The van der Waals surface area contributed by atoms with E-state index < -0.39 is 0 Å². The van der Waals surface area contributed by atoms with Crippen molar-refractivity contribution in [2.24, 2.45) is 0 Å². The molecule has 122 valence electrons. The number of ether oxygens (including phenoxy) is 2. The molecule has 1 unspecified atom stereocenters. The molecule has 2 aliphatic heterocycles. The molecule has 2 saturated heterocycles. The van der Waals surface area contributed by atoms with Crippen molar-refractivity contribution < 1.29 is 9.47 Å². The summed E-state index contributed by atoms with van der Waals surface area (Å²) in [6, 6.07) is 9.37. The van der Waals surface area contributed by atoms with Crippen LogP contribution in [0.4, 0.5) is 0 Å². The molecule has 0 amide bonds. The summed E-state index contributed by atoms with van der Waals surface area (Å²) in [5, 5.41) is 0. The highest BCUT2D eigenvalue weighted by atomic mass is 16.5. The van der Waals surface area contributed by atoms with Gasteiger partial charge in [0.2, 0.25) is 0 Å². The normalized spacial score (nSPS) is 21.9. The van der Waals surface area contributed by atoms with E-state index in [-0.39, 0.29) is 0 Å². The molecular formula is C19H29NO2. The molecule has 1 aromatic rings. The van der Waals surface area contributed by atoms with Gasteiger partial charge in [0.15, 0.2) is 0 Å². The van der Waals surface area contributed by atoms with Crippen LogP contribution in [0.15, 0.2) is 24.3 Å². The molecule has 2 fully saturated rings. The van der Waals surface area contributed by atoms with Gasteiger partial charge in [-0.25, -0.2) is 0 Å². The van der Waals surface area contributed by atoms with E-state index in [2.05, 4.69) is 36.1 Å². The lowest BCUT2D eigenvalue weighted by molar-refractivity contribution is 0.0853. The molecule has 0 saturated carbocycles. The first-order chi connectivity index (χ1) is 10.8. The summed E-state index contributed by atoms with van der Waals surface area (Å²) in [4.78, 5) is 2.58. The van der Waals surface area contributed by atoms with Gasteiger partial charge in [-0.1, -0.05) is 12.1 Å². The molecule has 0 spiro atoms. The molecule has 3 heteroatoms. The van der Waals surface area contributed by atoms with Crippen molar-refractivity contribution in [3.63, 3.8) is 0 Å². The van der Waals surface area contributed by atoms with Crippen molar-refractivity contribution in [2.45, 2.75) is 51.0 Å². The van der Waals surface area contributed by atoms with Crippen LogP contribution in [0.1, 0.15) is 50.5 Å². The van der Waals surface area contributed by atoms with E-state index in [1.807, 2.05) is 0 Å². The van der Waals surface area contributed by atoms with E-state index in [0.717, 1.165) is 44.8 Å². The minimum Gasteiger partial charge on any atom is -0.494 e. The SMILES string of the molecule is CC(CCOc1ccc(C2CCOCC2)cc1)N1CCCC1. The fraction of sp³-hybridized carbons (Fsp3) is 0.684.